The highest BCUT2D eigenvalue weighted by atomic mass is 79.9. The third kappa shape index (κ3) is 3.69. The summed E-state index contributed by atoms with van der Waals surface area (Å²) in [6, 6.07) is 14.5. The molecule has 116 valence electrons. The van der Waals surface area contributed by atoms with Crippen LogP contribution in [-0.2, 0) is 9.30 Å². The van der Waals surface area contributed by atoms with E-state index in [0.29, 0.717) is 10.6 Å². The molecule has 2 rings (SSSR count). The van der Waals surface area contributed by atoms with Crippen LogP contribution >= 0.6 is 27.5 Å². The van der Waals surface area contributed by atoms with Crippen molar-refractivity contribution in [2.45, 2.75) is 24.4 Å². The average Bonchev–Trinajstić information content (AvgIpc) is 2.47. The van der Waals surface area contributed by atoms with E-state index in [1.807, 2.05) is 50.2 Å². The minimum Gasteiger partial charge on any atom is -0.367 e. The molecule has 3 nitrogen and oxygen atoms in total. The molecule has 0 heterocycles. The maximum Gasteiger partial charge on any atom is 0.268 e. The van der Waals surface area contributed by atoms with E-state index >= 15 is 0 Å². The van der Waals surface area contributed by atoms with Crippen molar-refractivity contribution in [1.29, 1.82) is 0 Å². The maximum atomic E-state index is 12.1. The standard InChI is InChI=1S/C17H17BrClNO2/c1-11(2)20-16(21)17(18,22)13-9-7-12(8-10-13)14-5-3-4-6-15(14)19/h3-11,22H,1-2H3,(H,20,21). The van der Waals surface area contributed by atoms with E-state index in [1.54, 1.807) is 12.1 Å². The number of alkyl halides is 1. The molecule has 0 aromatic heterocycles. The van der Waals surface area contributed by atoms with E-state index in [2.05, 4.69) is 21.2 Å². The summed E-state index contributed by atoms with van der Waals surface area (Å²) in [5, 5.41) is 13.7. The molecule has 0 saturated heterocycles. The summed E-state index contributed by atoms with van der Waals surface area (Å²) in [5.74, 6) is -0.493. The first-order valence-electron chi connectivity index (χ1n) is 6.90. The summed E-state index contributed by atoms with van der Waals surface area (Å²) in [6.45, 7) is 3.67. The number of rotatable bonds is 4. The van der Waals surface area contributed by atoms with Gasteiger partial charge in [-0.2, -0.15) is 0 Å². The van der Waals surface area contributed by atoms with Crippen LogP contribution in [0.15, 0.2) is 48.5 Å². The maximum absolute atomic E-state index is 12.1. The fourth-order valence-corrected chi connectivity index (χ4v) is 2.68. The van der Waals surface area contributed by atoms with Crippen LogP contribution in [0.2, 0.25) is 5.02 Å². The van der Waals surface area contributed by atoms with Crippen LogP contribution < -0.4 is 5.32 Å². The Hall–Kier alpha value is -1.36. The normalized spacial score (nSPS) is 13.7. The van der Waals surface area contributed by atoms with Gasteiger partial charge in [0.1, 0.15) is 0 Å². The van der Waals surface area contributed by atoms with Gasteiger partial charge in [0.2, 0.25) is 4.51 Å². The molecule has 0 aliphatic rings. The second kappa shape index (κ2) is 6.82. The number of nitrogens with one attached hydrogen (secondary N) is 1. The van der Waals surface area contributed by atoms with Crippen LogP contribution in [0.5, 0.6) is 0 Å². The second-order valence-corrected chi connectivity index (χ2v) is 6.86. The molecule has 0 aliphatic carbocycles. The Balaban J connectivity index is 2.29. The molecule has 0 spiro atoms. The molecule has 1 atom stereocenters. The molecule has 1 unspecified atom stereocenters. The quantitative estimate of drug-likeness (QED) is 0.783. The largest absolute Gasteiger partial charge is 0.367 e. The zero-order chi connectivity index (χ0) is 16.3. The highest BCUT2D eigenvalue weighted by molar-refractivity contribution is 9.10. The lowest BCUT2D eigenvalue weighted by molar-refractivity contribution is -0.132. The van der Waals surface area contributed by atoms with Crippen molar-refractivity contribution in [2.24, 2.45) is 0 Å². The molecule has 0 radical (unpaired) electrons. The first-order valence-corrected chi connectivity index (χ1v) is 8.07. The fourth-order valence-electron chi connectivity index (χ4n) is 2.05. The smallest absolute Gasteiger partial charge is 0.268 e. The van der Waals surface area contributed by atoms with Crippen molar-refractivity contribution in [3.05, 3.63) is 59.1 Å². The van der Waals surface area contributed by atoms with Gasteiger partial charge in [0.15, 0.2) is 0 Å². The van der Waals surface area contributed by atoms with E-state index in [4.69, 9.17) is 11.6 Å². The predicted octanol–water partition coefficient (Wildman–Crippen LogP) is 4.07. The summed E-state index contributed by atoms with van der Waals surface area (Å²) in [7, 11) is 0. The van der Waals surface area contributed by atoms with Gasteiger partial charge >= 0.3 is 0 Å². The van der Waals surface area contributed by atoms with E-state index in [9.17, 15) is 9.90 Å². The zero-order valence-electron chi connectivity index (χ0n) is 12.3. The van der Waals surface area contributed by atoms with Crippen molar-refractivity contribution in [1.82, 2.24) is 5.32 Å². The Bertz CT molecular complexity index is 669. The number of hydrogen-bond donors (Lipinski definition) is 2. The predicted molar refractivity (Wildman–Crippen MR) is 93.0 cm³/mol. The number of aliphatic hydroxyl groups is 1. The van der Waals surface area contributed by atoms with Gasteiger partial charge in [-0.15, -0.1) is 0 Å². The van der Waals surface area contributed by atoms with Gasteiger partial charge in [0, 0.05) is 22.2 Å². The highest BCUT2D eigenvalue weighted by Crippen LogP contribution is 2.32. The fraction of sp³-hybridized carbons (Fsp3) is 0.235. The van der Waals surface area contributed by atoms with Gasteiger partial charge in [0.05, 0.1) is 0 Å². The van der Waals surface area contributed by atoms with E-state index < -0.39 is 10.4 Å². The summed E-state index contributed by atoms with van der Waals surface area (Å²) >= 11 is 9.27. The average molecular weight is 383 g/mol. The highest BCUT2D eigenvalue weighted by Gasteiger charge is 2.35. The van der Waals surface area contributed by atoms with Crippen molar-refractivity contribution in [3.63, 3.8) is 0 Å². The van der Waals surface area contributed by atoms with Gasteiger partial charge in [-0.1, -0.05) is 54.1 Å². The Morgan fingerprint density at radius 2 is 1.77 bits per heavy atom. The van der Waals surface area contributed by atoms with Gasteiger partial charge in [-0.05, 0) is 41.4 Å². The topological polar surface area (TPSA) is 49.3 Å². The minimum absolute atomic E-state index is 0.0565. The number of carbonyl (C=O) groups is 1. The SMILES string of the molecule is CC(C)NC(=O)C(O)(Br)c1ccc(-c2ccccc2Cl)cc1. The molecule has 0 saturated carbocycles. The summed E-state index contributed by atoms with van der Waals surface area (Å²) in [4.78, 5) is 12.1. The third-order valence-corrected chi connectivity index (χ3v) is 4.32. The molecule has 2 N–H and O–H groups in total. The van der Waals surface area contributed by atoms with Crippen LogP contribution in [0, 0.1) is 0 Å². The molecular formula is C17H17BrClNO2. The van der Waals surface area contributed by atoms with E-state index in [0.717, 1.165) is 11.1 Å². The lowest BCUT2D eigenvalue weighted by Gasteiger charge is -2.22. The first kappa shape index (κ1) is 17.0. The molecule has 5 heteroatoms. The van der Waals surface area contributed by atoms with Gasteiger partial charge in [-0.3, -0.25) is 4.79 Å². The van der Waals surface area contributed by atoms with Gasteiger partial charge in [0.25, 0.3) is 5.91 Å². The molecule has 22 heavy (non-hydrogen) atoms. The molecule has 1 amide bonds. The van der Waals surface area contributed by atoms with Crippen molar-refractivity contribution in [2.75, 3.05) is 0 Å². The monoisotopic (exact) mass is 381 g/mol. The summed E-state index contributed by atoms with van der Waals surface area (Å²) in [6.07, 6.45) is 0. The number of benzene rings is 2. The molecule has 0 aliphatic heterocycles. The van der Waals surface area contributed by atoms with Crippen LogP contribution in [0.3, 0.4) is 0 Å². The van der Waals surface area contributed by atoms with Gasteiger partial charge < -0.3 is 10.4 Å². The molecular weight excluding hydrogens is 366 g/mol. The van der Waals surface area contributed by atoms with Crippen molar-refractivity contribution in [3.8, 4) is 11.1 Å². The van der Waals surface area contributed by atoms with Crippen LogP contribution in [0.25, 0.3) is 11.1 Å². The Morgan fingerprint density at radius 3 is 2.32 bits per heavy atom. The molecule has 2 aromatic carbocycles. The molecule has 0 bridgehead atoms. The Morgan fingerprint density at radius 1 is 1.18 bits per heavy atom. The number of hydrogen-bond acceptors (Lipinski definition) is 2. The van der Waals surface area contributed by atoms with Crippen LogP contribution in [0.1, 0.15) is 19.4 Å². The second-order valence-electron chi connectivity index (χ2n) is 5.31. The number of carbonyl (C=O) groups excluding carboxylic acids is 1. The van der Waals surface area contributed by atoms with E-state index in [-0.39, 0.29) is 6.04 Å². The lowest BCUT2D eigenvalue weighted by Crippen LogP contribution is -2.43. The van der Waals surface area contributed by atoms with Crippen molar-refractivity contribution < 1.29 is 9.90 Å². The van der Waals surface area contributed by atoms with Crippen LogP contribution in [-0.4, -0.2) is 17.1 Å². The molecule has 2 aromatic rings. The van der Waals surface area contributed by atoms with Crippen LogP contribution in [0.4, 0.5) is 0 Å². The van der Waals surface area contributed by atoms with Crippen molar-refractivity contribution >= 4 is 33.4 Å². The number of halogens is 2. The van der Waals surface area contributed by atoms with E-state index in [1.165, 1.54) is 0 Å². The zero-order valence-corrected chi connectivity index (χ0v) is 14.6. The number of amides is 1. The lowest BCUT2D eigenvalue weighted by atomic mass is 10.0. The summed E-state index contributed by atoms with van der Waals surface area (Å²) in [5.41, 5.74) is 2.28. The first-order chi connectivity index (χ1) is 10.3. The Kier molecular flexibility index (Phi) is 5.27. The summed E-state index contributed by atoms with van der Waals surface area (Å²) < 4.78 is -1.75. The van der Waals surface area contributed by atoms with Gasteiger partial charge in [-0.25, -0.2) is 0 Å². The third-order valence-electron chi connectivity index (χ3n) is 3.17. The minimum atomic E-state index is -1.75. The Labute approximate surface area is 143 Å². The molecule has 0 fully saturated rings.